The quantitative estimate of drug-likeness (QED) is 0.422. The van der Waals surface area contributed by atoms with Gasteiger partial charge in [0.25, 0.3) is 15.9 Å². The topological polar surface area (TPSA) is 84.5 Å². The molecule has 186 valence electrons. The van der Waals surface area contributed by atoms with Gasteiger partial charge in [-0.15, -0.1) is 0 Å². The molecule has 0 saturated heterocycles. The lowest BCUT2D eigenvalue weighted by molar-refractivity contribution is -0.137. The summed E-state index contributed by atoms with van der Waals surface area (Å²) in [7, 11) is -4.15. The molecule has 3 aromatic rings. The molecule has 1 atom stereocenters. The summed E-state index contributed by atoms with van der Waals surface area (Å²) in [6.45, 7) is 7.39. The fraction of sp³-hybridized carbons (Fsp3) is 0.240. The number of nitrogens with one attached hydrogen (secondary N) is 2. The Morgan fingerprint density at radius 3 is 2.23 bits per heavy atom. The highest BCUT2D eigenvalue weighted by Crippen LogP contribution is 2.31. The molecule has 0 bridgehead atoms. The van der Waals surface area contributed by atoms with Gasteiger partial charge in [-0.1, -0.05) is 12.1 Å². The number of benzene rings is 3. The minimum Gasteiger partial charge on any atom is -0.481 e. The Kier molecular flexibility index (Phi) is 7.44. The summed E-state index contributed by atoms with van der Waals surface area (Å²) >= 11 is 0. The van der Waals surface area contributed by atoms with Crippen LogP contribution in [0.25, 0.3) is 0 Å². The first-order chi connectivity index (χ1) is 16.3. The predicted molar refractivity (Wildman–Crippen MR) is 128 cm³/mol. The number of halogens is 3. The van der Waals surface area contributed by atoms with Crippen molar-refractivity contribution < 1.29 is 31.1 Å². The zero-order valence-corrected chi connectivity index (χ0v) is 20.3. The third kappa shape index (κ3) is 6.54. The molecular weight excluding hydrogens is 481 g/mol. The summed E-state index contributed by atoms with van der Waals surface area (Å²) in [5.74, 6) is 0.175. The minimum atomic E-state index is -4.60. The van der Waals surface area contributed by atoms with Crippen molar-refractivity contribution in [2.75, 3.05) is 10.0 Å². The Hall–Kier alpha value is -3.53. The molecule has 10 heteroatoms. The number of carbonyl (C=O) groups is 1. The van der Waals surface area contributed by atoms with Gasteiger partial charge in [-0.3, -0.25) is 9.52 Å². The average Bonchev–Trinajstić information content (AvgIpc) is 2.76. The van der Waals surface area contributed by atoms with E-state index < -0.39 is 33.8 Å². The second-order valence-electron chi connectivity index (χ2n) is 8.16. The number of hydrogen-bond acceptors (Lipinski definition) is 4. The molecule has 0 aliphatic heterocycles. The van der Waals surface area contributed by atoms with Crippen molar-refractivity contribution >= 4 is 27.3 Å². The number of sulfonamides is 1. The summed E-state index contributed by atoms with van der Waals surface area (Å²) in [5.41, 5.74) is 2.13. The van der Waals surface area contributed by atoms with E-state index in [9.17, 15) is 26.4 Å². The molecule has 3 rings (SSSR count). The summed E-state index contributed by atoms with van der Waals surface area (Å²) in [5, 5.41) is 2.66. The lowest BCUT2D eigenvalue weighted by Crippen LogP contribution is -2.30. The molecule has 0 aliphatic carbocycles. The predicted octanol–water partition coefficient (Wildman–Crippen LogP) is 5.84. The number of anilines is 2. The lowest BCUT2D eigenvalue weighted by atomic mass is 10.1. The highest BCUT2D eigenvalue weighted by atomic mass is 32.2. The summed E-state index contributed by atoms with van der Waals surface area (Å²) < 4.78 is 71.8. The van der Waals surface area contributed by atoms with Crippen LogP contribution in [0, 0.1) is 20.8 Å². The summed E-state index contributed by atoms with van der Waals surface area (Å²) in [6.07, 6.45) is -5.42. The van der Waals surface area contributed by atoms with E-state index in [-0.39, 0.29) is 10.6 Å². The maximum Gasteiger partial charge on any atom is 0.416 e. The van der Waals surface area contributed by atoms with Crippen molar-refractivity contribution in [1.82, 2.24) is 0 Å². The molecule has 1 amide bonds. The van der Waals surface area contributed by atoms with Crippen LogP contribution in [0.2, 0.25) is 0 Å². The maximum absolute atomic E-state index is 12.9. The number of rotatable bonds is 7. The van der Waals surface area contributed by atoms with Gasteiger partial charge in [-0.05, 0) is 92.9 Å². The molecule has 2 N–H and O–H groups in total. The fourth-order valence-corrected chi connectivity index (χ4v) is 4.35. The maximum atomic E-state index is 12.9. The van der Waals surface area contributed by atoms with Crippen molar-refractivity contribution in [2.24, 2.45) is 0 Å². The van der Waals surface area contributed by atoms with Crippen LogP contribution in [-0.4, -0.2) is 20.4 Å². The largest absolute Gasteiger partial charge is 0.481 e. The van der Waals surface area contributed by atoms with Crippen LogP contribution in [0.15, 0.2) is 65.6 Å². The first-order valence-corrected chi connectivity index (χ1v) is 12.1. The Morgan fingerprint density at radius 2 is 1.60 bits per heavy atom. The zero-order chi connectivity index (χ0) is 26.0. The van der Waals surface area contributed by atoms with Gasteiger partial charge in [0.2, 0.25) is 0 Å². The van der Waals surface area contributed by atoms with Gasteiger partial charge < -0.3 is 10.1 Å². The van der Waals surface area contributed by atoms with Gasteiger partial charge in [-0.2, -0.15) is 13.2 Å². The number of hydrogen-bond donors (Lipinski definition) is 2. The van der Waals surface area contributed by atoms with Crippen LogP contribution in [-0.2, 0) is 21.0 Å². The Labute approximate surface area is 202 Å². The van der Waals surface area contributed by atoms with Crippen molar-refractivity contribution in [3.63, 3.8) is 0 Å². The third-order valence-electron chi connectivity index (χ3n) is 5.31. The molecule has 35 heavy (non-hydrogen) atoms. The van der Waals surface area contributed by atoms with Gasteiger partial charge in [0.1, 0.15) is 5.75 Å². The van der Waals surface area contributed by atoms with Crippen LogP contribution >= 0.6 is 0 Å². The van der Waals surface area contributed by atoms with E-state index in [4.69, 9.17) is 4.74 Å². The number of alkyl halides is 3. The smallest absolute Gasteiger partial charge is 0.416 e. The van der Waals surface area contributed by atoms with Crippen LogP contribution in [0.4, 0.5) is 24.5 Å². The van der Waals surface area contributed by atoms with E-state index >= 15 is 0 Å². The van der Waals surface area contributed by atoms with E-state index in [0.29, 0.717) is 17.5 Å². The van der Waals surface area contributed by atoms with Gasteiger partial charge in [-0.25, -0.2) is 8.42 Å². The molecule has 0 heterocycles. The zero-order valence-electron chi connectivity index (χ0n) is 19.5. The van der Waals surface area contributed by atoms with Crippen LogP contribution in [0.5, 0.6) is 5.75 Å². The second kappa shape index (κ2) is 9.99. The molecule has 3 aromatic carbocycles. The van der Waals surface area contributed by atoms with Crippen LogP contribution < -0.4 is 14.8 Å². The van der Waals surface area contributed by atoms with Crippen LogP contribution in [0.1, 0.15) is 29.2 Å². The van der Waals surface area contributed by atoms with E-state index in [1.54, 1.807) is 6.92 Å². The molecule has 0 unspecified atom stereocenters. The minimum absolute atomic E-state index is 0.178. The van der Waals surface area contributed by atoms with E-state index in [0.717, 1.165) is 28.8 Å². The van der Waals surface area contributed by atoms with Gasteiger partial charge in [0.15, 0.2) is 6.10 Å². The number of amides is 1. The van der Waals surface area contributed by atoms with E-state index in [1.807, 2.05) is 32.9 Å². The number of ether oxygens (including phenoxy) is 1. The molecule has 6 nitrogen and oxygen atoms in total. The molecule has 0 spiro atoms. The molecule has 0 fully saturated rings. The molecular formula is C25H25F3N2O4S. The van der Waals surface area contributed by atoms with Gasteiger partial charge in [0, 0.05) is 11.4 Å². The normalized spacial score (nSPS) is 12.7. The average molecular weight is 507 g/mol. The van der Waals surface area contributed by atoms with E-state index in [2.05, 4.69) is 10.0 Å². The molecule has 0 saturated carbocycles. The number of aryl methyl sites for hydroxylation is 2. The van der Waals surface area contributed by atoms with Crippen molar-refractivity contribution in [1.29, 1.82) is 0 Å². The monoisotopic (exact) mass is 506 g/mol. The number of carbonyl (C=O) groups excluding carboxylic acids is 1. The summed E-state index contributed by atoms with van der Waals surface area (Å²) in [6, 6.07) is 13.0. The highest BCUT2D eigenvalue weighted by Gasteiger charge is 2.30. The standard InChI is InChI=1S/C25H25F3N2O4S/c1-15-12-16(2)17(3)23(13-15)34-18(4)24(31)29-20-8-10-22(11-9-20)35(32,33)30-21-7-5-6-19(14-21)25(26,27)28/h5-14,18,30H,1-4H3,(H,29,31)/t18-/m1/s1. The first-order valence-electron chi connectivity index (χ1n) is 10.6. The van der Waals surface area contributed by atoms with Gasteiger partial charge >= 0.3 is 6.18 Å². The van der Waals surface area contributed by atoms with Gasteiger partial charge in [0.05, 0.1) is 10.5 Å². The van der Waals surface area contributed by atoms with Crippen molar-refractivity contribution in [3.05, 3.63) is 82.9 Å². The SMILES string of the molecule is Cc1cc(C)c(C)c(O[C@H](C)C(=O)Nc2ccc(S(=O)(=O)Nc3cccc(C(F)(F)F)c3)cc2)c1. The molecule has 0 radical (unpaired) electrons. The lowest BCUT2D eigenvalue weighted by Gasteiger charge is -2.18. The van der Waals surface area contributed by atoms with Crippen LogP contribution in [0.3, 0.4) is 0 Å². The molecule has 0 aromatic heterocycles. The summed E-state index contributed by atoms with van der Waals surface area (Å²) in [4.78, 5) is 12.4. The Morgan fingerprint density at radius 1 is 0.943 bits per heavy atom. The highest BCUT2D eigenvalue weighted by molar-refractivity contribution is 7.92. The Balaban J connectivity index is 1.68. The van der Waals surface area contributed by atoms with Crippen molar-refractivity contribution in [2.45, 2.75) is 44.9 Å². The fourth-order valence-electron chi connectivity index (χ4n) is 3.30. The Bertz CT molecular complexity index is 1340. The molecule has 0 aliphatic rings. The first kappa shape index (κ1) is 26.1. The van der Waals surface area contributed by atoms with Crippen molar-refractivity contribution in [3.8, 4) is 5.75 Å². The van der Waals surface area contributed by atoms with E-state index in [1.165, 1.54) is 30.3 Å². The third-order valence-corrected chi connectivity index (χ3v) is 6.71. The second-order valence-corrected chi connectivity index (χ2v) is 9.85.